The monoisotopic (exact) mass is 417 g/mol. The number of nitrogens with zero attached hydrogens (tertiary/aromatic N) is 5. The lowest BCUT2D eigenvalue weighted by Crippen LogP contribution is -2.26. The van der Waals surface area contributed by atoms with Gasteiger partial charge in [-0.15, -0.1) is 0 Å². The lowest BCUT2D eigenvalue weighted by molar-refractivity contribution is 0.0955. The Morgan fingerprint density at radius 2 is 2.28 bits per heavy atom. The number of pyridine rings is 1. The molecule has 0 aliphatic carbocycles. The fraction of sp³-hybridized carbons (Fsp3) is 0.368. The molecule has 0 unspecified atom stereocenters. The van der Waals surface area contributed by atoms with Gasteiger partial charge in [-0.05, 0) is 37.9 Å². The molecule has 0 spiro atoms. The molecule has 0 saturated carbocycles. The van der Waals surface area contributed by atoms with Gasteiger partial charge >= 0.3 is 0 Å². The van der Waals surface area contributed by atoms with Crippen LogP contribution in [0.4, 0.5) is 10.2 Å². The quantitative estimate of drug-likeness (QED) is 0.471. The minimum atomic E-state index is -0.424. The van der Waals surface area contributed by atoms with E-state index in [1.54, 1.807) is 10.7 Å². The summed E-state index contributed by atoms with van der Waals surface area (Å²) >= 11 is 6.23. The first-order chi connectivity index (χ1) is 14.1. The maximum atomic E-state index is 13.7. The van der Waals surface area contributed by atoms with E-state index in [2.05, 4.69) is 25.3 Å². The highest BCUT2D eigenvalue weighted by molar-refractivity contribution is 6.30. The number of fused-ring (bicyclic) bond motifs is 1. The Hall–Kier alpha value is -2.78. The third-order valence-electron chi connectivity index (χ3n) is 5.00. The zero-order valence-electron chi connectivity index (χ0n) is 15.7. The molecule has 8 nitrogen and oxygen atoms in total. The maximum Gasteiger partial charge on any atom is 0.256 e. The Kier molecular flexibility index (Phi) is 5.59. The number of carbonyl (C=O) groups is 1. The van der Waals surface area contributed by atoms with Crippen molar-refractivity contribution in [1.82, 2.24) is 24.9 Å². The van der Waals surface area contributed by atoms with E-state index in [1.807, 2.05) is 6.07 Å². The molecule has 3 N–H and O–H groups in total. The van der Waals surface area contributed by atoms with Crippen LogP contribution >= 0.6 is 11.6 Å². The summed E-state index contributed by atoms with van der Waals surface area (Å²) in [4.78, 5) is 23.1. The average molecular weight is 418 g/mol. The van der Waals surface area contributed by atoms with Crippen molar-refractivity contribution < 1.29 is 9.18 Å². The molecule has 3 aromatic rings. The van der Waals surface area contributed by atoms with Crippen LogP contribution in [0.5, 0.6) is 0 Å². The summed E-state index contributed by atoms with van der Waals surface area (Å²) in [5, 5.41) is 7.32. The zero-order valence-corrected chi connectivity index (χ0v) is 16.4. The summed E-state index contributed by atoms with van der Waals surface area (Å²) in [6.07, 6.45) is 6.78. The standard InChI is InChI=1S/C19H21ClFN7O/c20-17-13(9-12(21)10-24-17)15-3-1-7-27(15)16-4-8-28-18(26-16)14(11-25-28)19(29)23-6-2-5-22/h4,8-11,15H,1-3,5-7,22H2,(H,23,29)/t15-/m1/s1. The van der Waals surface area contributed by atoms with Crippen molar-refractivity contribution in [3.8, 4) is 0 Å². The highest BCUT2D eigenvalue weighted by Crippen LogP contribution is 2.38. The molecule has 1 aliphatic rings. The molecular formula is C19H21ClFN7O. The SMILES string of the molecule is NCCCNC(=O)c1cnn2ccc(N3CCC[C@@H]3c3cc(F)cnc3Cl)nc12. The molecule has 4 rings (SSSR count). The van der Waals surface area contributed by atoms with Crippen molar-refractivity contribution in [2.24, 2.45) is 5.73 Å². The van der Waals surface area contributed by atoms with Gasteiger partial charge in [0.05, 0.1) is 18.4 Å². The Labute approximate surface area is 171 Å². The van der Waals surface area contributed by atoms with Gasteiger partial charge < -0.3 is 16.0 Å². The predicted molar refractivity (Wildman–Crippen MR) is 108 cm³/mol. The Morgan fingerprint density at radius 3 is 3.10 bits per heavy atom. The minimum absolute atomic E-state index is 0.134. The van der Waals surface area contributed by atoms with Crippen molar-refractivity contribution in [3.05, 3.63) is 52.8 Å². The largest absolute Gasteiger partial charge is 0.352 e. The lowest BCUT2D eigenvalue weighted by Gasteiger charge is -2.26. The summed E-state index contributed by atoms with van der Waals surface area (Å²) in [6.45, 7) is 1.74. The number of rotatable bonds is 6. The van der Waals surface area contributed by atoms with Gasteiger partial charge in [0.2, 0.25) is 0 Å². The van der Waals surface area contributed by atoms with E-state index in [9.17, 15) is 9.18 Å². The first-order valence-corrected chi connectivity index (χ1v) is 9.86. The first-order valence-electron chi connectivity index (χ1n) is 9.48. The zero-order chi connectivity index (χ0) is 20.4. The van der Waals surface area contributed by atoms with Gasteiger partial charge in [-0.3, -0.25) is 4.79 Å². The fourth-order valence-electron chi connectivity index (χ4n) is 3.61. The second-order valence-corrected chi connectivity index (χ2v) is 7.25. The molecule has 1 fully saturated rings. The van der Waals surface area contributed by atoms with Crippen LogP contribution in [0.25, 0.3) is 5.65 Å². The van der Waals surface area contributed by atoms with Gasteiger partial charge in [0.1, 0.15) is 22.4 Å². The fourth-order valence-corrected chi connectivity index (χ4v) is 3.84. The Morgan fingerprint density at radius 1 is 1.41 bits per heavy atom. The molecular weight excluding hydrogens is 397 g/mol. The number of nitrogens with one attached hydrogen (secondary N) is 1. The Balaban J connectivity index is 1.65. The number of halogens is 2. The molecule has 10 heteroatoms. The third-order valence-corrected chi connectivity index (χ3v) is 5.32. The molecule has 1 atom stereocenters. The number of aromatic nitrogens is 4. The van der Waals surface area contributed by atoms with Gasteiger partial charge in [-0.1, -0.05) is 11.6 Å². The van der Waals surface area contributed by atoms with E-state index >= 15 is 0 Å². The van der Waals surface area contributed by atoms with Crippen LogP contribution in [-0.2, 0) is 0 Å². The van der Waals surface area contributed by atoms with Gasteiger partial charge in [0.15, 0.2) is 5.65 Å². The molecule has 152 valence electrons. The minimum Gasteiger partial charge on any atom is -0.352 e. The number of amides is 1. The number of hydrogen-bond donors (Lipinski definition) is 2. The normalized spacial score (nSPS) is 16.5. The third kappa shape index (κ3) is 3.88. The number of nitrogens with two attached hydrogens (primary N) is 1. The van der Waals surface area contributed by atoms with Crippen molar-refractivity contribution in [2.45, 2.75) is 25.3 Å². The van der Waals surface area contributed by atoms with Gasteiger partial charge in [0.25, 0.3) is 5.91 Å². The van der Waals surface area contributed by atoms with Crippen LogP contribution in [0, 0.1) is 5.82 Å². The van der Waals surface area contributed by atoms with Crippen LogP contribution in [0.15, 0.2) is 30.7 Å². The molecule has 0 aromatic carbocycles. The summed E-state index contributed by atoms with van der Waals surface area (Å²) in [7, 11) is 0. The molecule has 4 heterocycles. The predicted octanol–water partition coefficient (Wildman–Crippen LogP) is 2.34. The average Bonchev–Trinajstić information content (AvgIpc) is 3.36. The van der Waals surface area contributed by atoms with Gasteiger partial charge in [0, 0.05) is 24.8 Å². The van der Waals surface area contributed by atoms with Crippen LogP contribution < -0.4 is 16.0 Å². The first kappa shape index (κ1) is 19.5. The number of anilines is 1. The number of carbonyl (C=O) groups excluding carboxylic acids is 1. The molecule has 0 bridgehead atoms. The summed E-state index contributed by atoms with van der Waals surface area (Å²) in [5.74, 6) is 0.0113. The highest BCUT2D eigenvalue weighted by atomic mass is 35.5. The van der Waals surface area contributed by atoms with Crippen LogP contribution in [0.2, 0.25) is 5.15 Å². The molecule has 1 amide bonds. The molecule has 1 saturated heterocycles. The van der Waals surface area contributed by atoms with E-state index in [0.717, 1.165) is 25.6 Å². The van der Waals surface area contributed by atoms with E-state index in [0.29, 0.717) is 42.1 Å². The van der Waals surface area contributed by atoms with Gasteiger partial charge in [-0.25, -0.2) is 18.9 Å². The lowest BCUT2D eigenvalue weighted by atomic mass is 10.1. The van der Waals surface area contributed by atoms with E-state index in [-0.39, 0.29) is 17.1 Å². The van der Waals surface area contributed by atoms with Crippen LogP contribution in [0.3, 0.4) is 0 Å². The second-order valence-electron chi connectivity index (χ2n) is 6.90. The van der Waals surface area contributed by atoms with Crippen LogP contribution in [-0.4, -0.2) is 45.1 Å². The van der Waals surface area contributed by atoms with Crippen molar-refractivity contribution in [1.29, 1.82) is 0 Å². The highest BCUT2D eigenvalue weighted by Gasteiger charge is 2.30. The van der Waals surface area contributed by atoms with Crippen LogP contribution in [0.1, 0.15) is 41.2 Å². The summed E-state index contributed by atoms with van der Waals surface area (Å²) in [6, 6.07) is 3.12. The van der Waals surface area contributed by atoms with E-state index < -0.39 is 5.82 Å². The van der Waals surface area contributed by atoms with Crippen molar-refractivity contribution in [3.63, 3.8) is 0 Å². The van der Waals surface area contributed by atoms with Crippen molar-refractivity contribution in [2.75, 3.05) is 24.5 Å². The second kappa shape index (κ2) is 8.30. The van der Waals surface area contributed by atoms with Gasteiger partial charge in [-0.2, -0.15) is 5.10 Å². The summed E-state index contributed by atoms with van der Waals surface area (Å²) < 4.78 is 15.3. The number of hydrogen-bond acceptors (Lipinski definition) is 6. The van der Waals surface area contributed by atoms with E-state index in [4.69, 9.17) is 17.3 Å². The van der Waals surface area contributed by atoms with E-state index in [1.165, 1.54) is 12.3 Å². The van der Waals surface area contributed by atoms with Crippen molar-refractivity contribution >= 4 is 29.0 Å². The smallest absolute Gasteiger partial charge is 0.256 e. The molecule has 3 aromatic heterocycles. The topological polar surface area (TPSA) is 101 Å². The molecule has 1 aliphatic heterocycles. The molecule has 0 radical (unpaired) electrons. The maximum absolute atomic E-state index is 13.7. The summed E-state index contributed by atoms with van der Waals surface area (Å²) in [5.41, 5.74) is 6.96. The Bertz CT molecular complexity index is 1040. The molecule has 29 heavy (non-hydrogen) atoms.